The van der Waals surface area contributed by atoms with Crippen LogP contribution in [0.1, 0.15) is 12.0 Å². The number of hydrogen-bond acceptors (Lipinski definition) is 4. The Hall–Kier alpha value is -1.31. The summed E-state index contributed by atoms with van der Waals surface area (Å²) in [6.07, 6.45) is -4.47. The average Bonchev–Trinajstić information content (AvgIpc) is 2.38. The Balaban J connectivity index is 2.40. The van der Waals surface area contributed by atoms with Crippen molar-refractivity contribution in [3.05, 3.63) is 29.8 Å². The fourth-order valence-corrected chi connectivity index (χ4v) is 2.45. The molecule has 1 aliphatic heterocycles. The Morgan fingerprint density at radius 2 is 2.10 bits per heavy atom. The molecule has 0 aliphatic carbocycles. The number of aliphatic hydroxyl groups is 1. The number of rotatable bonds is 3. The molecule has 2 rings (SSSR count). The standard InChI is InChI=1S/C13H16F3NO3/c14-13(15,16)20-11-4-2-1-3-10(11)12(17)5-6-19-8-9(12)7-18/h1-4,9,18H,5-8,17H2/t9-,12+/m1/s1. The highest BCUT2D eigenvalue weighted by Gasteiger charge is 2.42. The van der Waals surface area contributed by atoms with Gasteiger partial charge < -0.3 is 20.3 Å². The first kappa shape index (κ1) is 15.1. The van der Waals surface area contributed by atoms with E-state index in [1.165, 1.54) is 18.2 Å². The van der Waals surface area contributed by atoms with Gasteiger partial charge in [-0.25, -0.2) is 0 Å². The largest absolute Gasteiger partial charge is 0.573 e. The second-order valence-corrected chi connectivity index (χ2v) is 4.79. The summed E-state index contributed by atoms with van der Waals surface area (Å²) in [6.45, 7) is 0.261. The van der Waals surface area contributed by atoms with E-state index in [1.807, 2.05) is 0 Å². The summed E-state index contributed by atoms with van der Waals surface area (Å²) >= 11 is 0. The zero-order valence-corrected chi connectivity index (χ0v) is 10.7. The number of nitrogens with two attached hydrogens (primary N) is 1. The zero-order chi connectivity index (χ0) is 14.8. The van der Waals surface area contributed by atoms with Gasteiger partial charge in [0.2, 0.25) is 0 Å². The molecule has 0 aromatic heterocycles. The molecule has 2 atom stereocenters. The number of ether oxygens (including phenoxy) is 2. The first-order valence-corrected chi connectivity index (χ1v) is 6.19. The highest BCUT2D eigenvalue weighted by molar-refractivity contribution is 5.40. The maximum Gasteiger partial charge on any atom is 0.573 e. The van der Waals surface area contributed by atoms with E-state index in [0.29, 0.717) is 13.0 Å². The molecule has 1 saturated heterocycles. The molecule has 112 valence electrons. The van der Waals surface area contributed by atoms with E-state index in [-0.39, 0.29) is 24.5 Å². The second-order valence-electron chi connectivity index (χ2n) is 4.79. The normalized spacial score (nSPS) is 27.4. The maximum absolute atomic E-state index is 12.5. The van der Waals surface area contributed by atoms with Crippen LogP contribution in [0.5, 0.6) is 5.75 Å². The van der Waals surface area contributed by atoms with Crippen LogP contribution in [0.25, 0.3) is 0 Å². The minimum Gasteiger partial charge on any atom is -0.405 e. The average molecular weight is 291 g/mol. The Bertz CT molecular complexity index is 466. The molecule has 1 heterocycles. The molecular formula is C13H16F3NO3. The van der Waals surface area contributed by atoms with E-state index >= 15 is 0 Å². The van der Waals surface area contributed by atoms with Crippen LogP contribution in [0.15, 0.2) is 24.3 Å². The summed E-state index contributed by atoms with van der Waals surface area (Å²) in [4.78, 5) is 0. The third kappa shape index (κ3) is 3.05. The van der Waals surface area contributed by atoms with Crippen molar-refractivity contribution in [2.24, 2.45) is 11.7 Å². The molecule has 0 saturated carbocycles. The molecule has 1 aliphatic rings. The predicted molar refractivity (Wildman–Crippen MR) is 65.0 cm³/mol. The topological polar surface area (TPSA) is 64.7 Å². The van der Waals surface area contributed by atoms with Crippen molar-refractivity contribution < 1.29 is 27.8 Å². The number of benzene rings is 1. The monoisotopic (exact) mass is 291 g/mol. The lowest BCUT2D eigenvalue weighted by atomic mass is 9.75. The molecule has 3 N–H and O–H groups in total. The smallest absolute Gasteiger partial charge is 0.405 e. The van der Waals surface area contributed by atoms with Gasteiger partial charge in [0, 0.05) is 18.1 Å². The minimum absolute atomic E-state index is 0.202. The Kier molecular flexibility index (Phi) is 4.22. The summed E-state index contributed by atoms with van der Waals surface area (Å²) in [6, 6.07) is 5.76. The minimum atomic E-state index is -4.79. The molecule has 0 unspecified atom stereocenters. The van der Waals surface area contributed by atoms with Gasteiger partial charge in [-0.15, -0.1) is 13.2 Å². The van der Waals surface area contributed by atoms with Crippen LogP contribution in [-0.4, -0.2) is 31.3 Å². The molecule has 20 heavy (non-hydrogen) atoms. The second kappa shape index (κ2) is 5.59. The first-order valence-electron chi connectivity index (χ1n) is 6.19. The number of para-hydroxylation sites is 1. The van der Waals surface area contributed by atoms with Gasteiger partial charge in [-0.05, 0) is 12.5 Å². The lowest BCUT2D eigenvalue weighted by molar-refractivity contribution is -0.275. The van der Waals surface area contributed by atoms with Gasteiger partial charge in [0.15, 0.2) is 0 Å². The van der Waals surface area contributed by atoms with Crippen molar-refractivity contribution in [1.82, 2.24) is 0 Å². The molecular weight excluding hydrogens is 275 g/mol. The summed E-state index contributed by atoms with van der Waals surface area (Å²) in [7, 11) is 0. The highest BCUT2D eigenvalue weighted by Crippen LogP contribution is 2.40. The van der Waals surface area contributed by atoms with E-state index in [2.05, 4.69) is 4.74 Å². The molecule has 7 heteroatoms. The van der Waals surface area contributed by atoms with Gasteiger partial charge in [-0.1, -0.05) is 18.2 Å². The lowest BCUT2D eigenvalue weighted by Gasteiger charge is -2.41. The van der Waals surface area contributed by atoms with Crippen LogP contribution in [0.2, 0.25) is 0 Å². The maximum atomic E-state index is 12.5. The Morgan fingerprint density at radius 3 is 2.75 bits per heavy atom. The van der Waals surface area contributed by atoms with Gasteiger partial charge in [-0.3, -0.25) is 0 Å². The number of hydrogen-bond donors (Lipinski definition) is 2. The number of halogens is 3. The Morgan fingerprint density at radius 1 is 1.40 bits per heavy atom. The molecule has 1 aromatic carbocycles. The van der Waals surface area contributed by atoms with Crippen molar-refractivity contribution in [3.63, 3.8) is 0 Å². The zero-order valence-electron chi connectivity index (χ0n) is 10.7. The van der Waals surface area contributed by atoms with Crippen LogP contribution in [-0.2, 0) is 10.3 Å². The highest BCUT2D eigenvalue weighted by atomic mass is 19.4. The van der Waals surface area contributed by atoms with E-state index in [1.54, 1.807) is 6.07 Å². The van der Waals surface area contributed by atoms with Gasteiger partial charge in [-0.2, -0.15) is 0 Å². The van der Waals surface area contributed by atoms with Gasteiger partial charge in [0.25, 0.3) is 0 Å². The van der Waals surface area contributed by atoms with Crippen molar-refractivity contribution in [2.45, 2.75) is 18.3 Å². The molecule has 0 amide bonds. The van der Waals surface area contributed by atoms with Crippen LogP contribution in [0, 0.1) is 5.92 Å². The molecule has 4 nitrogen and oxygen atoms in total. The van der Waals surface area contributed by atoms with Gasteiger partial charge >= 0.3 is 6.36 Å². The third-order valence-electron chi connectivity index (χ3n) is 3.54. The van der Waals surface area contributed by atoms with Crippen LogP contribution in [0.4, 0.5) is 13.2 Å². The molecule has 1 fully saturated rings. The van der Waals surface area contributed by atoms with Crippen molar-refractivity contribution >= 4 is 0 Å². The van der Waals surface area contributed by atoms with E-state index in [9.17, 15) is 18.3 Å². The van der Waals surface area contributed by atoms with E-state index in [0.717, 1.165) is 0 Å². The summed E-state index contributed by atoms with van der Waals surface area (Å²) in [5.41, 5.74) is 5.40. The summed E-state index contributed by atoms with van der Waals surface area (Å²) in [5, 5.41) is 9.39. The Labute approximate surface area is 114 Å². The fourth-order valence-electron chi connectivity index (χ4n) is 2.45. The van der Waals surface area contributed by atoms with Gasteiger partial charge in [0.1, 0.15) is 5.75 Å². The van der Waals surface area contributed by atoms with E-state index in [4.69, 9.17) is 10.5 Å². The SMILES string of the molecule is N[C@@]1(c2ccccc2OC(F)(F)F)CCOC[C@H]1CO. The predicted octanol–water partition coefficient (Wildman–Crippen LogP) is 1.77. The number of aliphatic hydroxyl groups excluding tert-OH is 1. The van der Waals surface area contributed by atoms with Crippen LogP contribution in [0.3, 0.4) is 0 Å². The first-order chi connectivity index (χ1) is 9.37. The van der Waals surface area contributed by atoms with Crippen molar-refractivity contribution in [3.8, 4) is 5.75 Å². The van der Waals surface area contributed by atoms with Crippen LogP contribution >= 0.6 is 0 Å². The third-order valence-corrected chi connectivity index (χ3v) is 3.54. The molecule has 0 spiro atoms. The molecule has 1 aromatic rings. The molecule has 0 bridgehead atoms. The van der Waals surface area contributed by atoms with Crippen molar-refractivity contribution in [2.75, 3.05) is 19.8 Å². The summed E-state index contributed by atoms with van der Waals surface area (Å²) < 4.78 is 46.6. The van der Waals surface area contributed by atoms with Crippen molar-refractivity contribution in [1.29, 1.82) is 0 Å². The van der Waals surface area contributed by atoms with E-state index < -0.39 is 17.8 Å². The van der Waals surface area contributed by atoms with Gasteiger partial charge in [0.05, 0.1) is 18.8 Å². The fraction of sp³-hybridized carbons (Fsp3) is 0.538. The molecule has 0 radical (unpaired) electrons. The van der Waals surface area contributed by atoms with Crippen LogP contribution < -0.4 is 10.5 Å². The quantitative estimate of drug-likeness (QED) is 0.891. The lowest BCUT2D eigenvalue weighted by Crippen LogP contribution is -2.51. The summed E-state index contributed by atoms with van der Waals surface area (Å²) in [5.74, 6) is -0.808. The number of alkyl halides is 3.